The molecule has 9 heteroatoms. The fourth-order valence-corrected chi connectivity index (χ4v) is 3.46. The largest absolute Gasteiger partial charge is 0.379 e. The predicted octanol–water partition coefficient (Wildman–Crippen LogP) is 2.25. The molecule has 1 aliphatic heterocycles. The second-order valence-corrected chi connectivity index (χ2v) is 6.83. The third-order valence-corrected chi connectivity index (χ3v) is 4.97. The second-order valence-electron chi connectivity index (χ2n) is 6.83. The maximum atomic E-state index is 13.2. The molecule has 2 heterocycles. The van der Waals surface area contributed by atoms with Crippen molar-refractivity contribution >= 4 is 30.4 Å². The van der Waals surface area contributed by atoms with Crippen LogP contribution in [0.15, 0.2) is 48.7 Å². The normalized spacial score (nSPS) is 13.4. The molecule has 0 saturated carbocycles. The first-order valence-corrected chi connectivity index (χ1v) is 10.1. The van der Waals surface area contributed by atoms with Crippen molar-refractivity contribution in [2.45, 2.75) is 6.42 Å². The number of hydrogen-bond acceptors (Lipinski definition) is 6. The van der Waals surface area contributed by atoms with Gasteiger partial charge in [0.15, 0.2) is 0 Å². The Morgan fingerprint density at radius 3 is 2.44 bits per heavy atom. The smallest absolute Gasteiger partial charge is 0.252 e. The standard InChI is InChI=1S/C21H23FN4O2.2CH2O/c22-16-5-7-17(8-6-16)26-20-4-1-3-18(19(20)15-24-26)21(27)23-9-2-10-25-11-13-28-14-12-25;2*1-2/h1,3-8,15H,2,9-14H2,(H,23,27);2*1H2. The summed E-state index contributed by atoms with van der Waals surface area (Å²) in [5.41, 5.74) is 2.16. The molecule has 4 rings (SSSR count). The number of amides is 1. The number of carbonyl (C=O) groups excluding carboxylic acids is 3. The van der Waals surface area contributed by atoms with E-state index in [4.69, 9.17) is 14.3 Å². The number of rotatable bonds is 6. The van der Waals surface area contributed by atoms with E-state index < -0.39 is 0 Å². The molecule has 0 radical (unpaired) electrons. The molecule has 8 nitrogen and oxygen atoms in total. The highest BCUT2D eigenvalue weighted by atomic mass is 19.1. The molecule has 0 aliphatic carbocycles. The fraction of sp³-hybridized carbons (Fsp3) is 0.304. The van der Waals surface area contributed by atoms with Gasteiger partial charge in [0.1, 0.15) is 19.4 Å². The first-order chi connectivity index (χ1) is 15.7. The zero-order valence-electron chi connectivity index (χ0n) is 17.8. The van der Waals surface area contributed by atoms with Gasteiger partial charge in [-0.15, -0.1) is 0 Å². The Labute approximate surface area is 186 Å². The summed E-state index contributed by atoms with van der Waals surface area (Å²) < 4.78 is 20.2. The molecule has 2 aromatic carbocycles. The summed E-state index contributed by atoms with van der Waals surface area (Å²) in [6.45, 7) is 9.06. The van der Waals surface area contributed by atoms with Crippen molar-refractivity contribution in [2.24, 2.45) is 0 Å². The Hall–Kier alpha value is -3.43. The number of nitrogens with one attached hydrogen (secondary N) is 1. The summed E-state index contributed by atoms with van der Waals surface area (Å²) in [4.78, 5) is 31.0. The molecule has 1 aliphatic rings. The fourth-order valence-electron chi connectivity index (χ4n) is 3.46. The Bertz CT molecular complexity index is 985. The minimum Gasteiger partial charge on any atom is -0.379 e. The van der Waals surface area contributed by atoms with E-state index in [0.717, 1.165) is 55.9 Å². The molecular weight excluding hydrogens is 415 g/mol. The van der Waals surface area contributed by atoms with Gasteiger partial charge in [-0.2, -0.15) is 5.10 Å². The van der Waals surface area contributed by atoms with Gasteiger partial charge in [-0.05, 0) is 49.4 Å². The van der Waals surface area contributed by atoms with Gasteiger partial charge in [-0.3, -0.25) is 9.69 Å². The minimum atomic E-state index is -0.294. The van der Waals surface area contributed by atoms with Gasteiger partial charge in [0, 0.05) is 25.0 Å². The summed E-state index contributed by atoms with van der Waals surface area (Å²) in [6, 6.07) is 11.7. The van der Waals surface area contributed by atoms with Gasteiger partial charge in [0.05, 0.1) is 36.2 Å². The van der Waals surface area contributed by atoms with Gasteiger partial charge in [0.25, 0.3) is 5.91 Å². The molecule has 0 unspecified atom stereocenters. The van der Waals surface area contributed by atoms with Crippen LogP contribution in [0.5, 0.6) is 0 Å². The maximum Gasteiger partial charge on any atom is 0.252 e. The van der Waals surface area contributed by atoms with Crippen LogP contribution in [-0.4, -0.2) is 73.6 Å². The highest BCUT2D eigenvalue weighted by Gasteiger charge is 2.14. The molecule has 3 aromatic rings. The van der Waals surface area contributed by atoms with Gasteiger partial charge in [-0.25, -0.2) is 9.07 Å². The van der Waals surface area contributed by atoms with Crippen LogP contribution in [0.3, 0.4) is 0 Å². The van der Waals surface area contributed by atoms with E-state index in [1.165, 1.54) is 12.1 Å². The Morgan fingerprint density at radius 1 is 1.06 bits per heavy atom. The molecule has 0 atom stereocenters. The highest BCUT2D eigenvalue weighted by molar-refractivity contribution is 6.06. The third kappa shape index (κ3) is 6.29. The van der Waals surface area contributed by atoms with Crippen molar-refractivity contribution in [1.82, 2.24) is 20.0 Å². The summed E-state index contributed by atoms with van der Waals surface area (Å²) in [5.74, 6) is -0.399. The number of benzene rings is 2. The van der Waals surface area contributed by atoms with E-state index in [1.54, 1.807) is 29.1 Å². The lowest BCUT2D eigenvalue weighted by Gasteiger charge is -2.26. The quantitative estimate of drug-likeness (QED) is 0.589. The number of nitrogens with zero attached hydrogens (tertiary/aromatic N) is 3. The minimum absolute atomic E-state index is 0.105. The Kier molecular flexibility index (Phi) is 10.2. The molecule has 1 aromatic heterocycles. The highest BCUT2D eigenvalue weighted by Crippen LogP contribution is 2.22. The molecule has 1 N–H and O–H groups in total. The predicted molar refractivity (Wildman–Crippen MR) is 119 cm³/mol. The van der Waals surface area contributed by atoms with E-state index >= 15 is 0 Å². The lowest BCUT2D eigenvalue weighted by molar-refractivity contribution is -0.0987. The maximum absolute atomic E-state index is 13.2. The number of fused-ring (bicyclic) bond motifs is 1. The third-order valence-electron chi connectivity index (χ3n) is 4.97. The second kappa shape index (κ2) is 13.1. The summed E-state index contributed by atoms with van der Waals surface area (Å²) >= 11 is 0. The average Bonchev–Trinajstić information content (AvgIpc) is 3.30. The summed E-state index contributed by atoms with van der Waals surface area (Å²) in [7, 11) is 0. The van der Waals surface area contributed by atoms with Crippen molar-refractivity contribution < 1.29 is 23.5 Å². The van der Waals surface area contributed by atoms with Gasteiger partial charge in [-0.1, -0.05) is 6.07 Å². The number of ether oxygens (including phenoxy) is 1. The van der Waals surface area contributed by atoms with Crippen LogP contribution in [0.2, 0.25) is 0 Å². The lowest BCUT2D eigenvalue weighted by Crippen LogP contribution is -2.38. The van der Waals surface area contributed by atoms with E-state index in [9.17, 15) is 9.18 Å². The molecule has 170 valence electrons. The number of carbonyl (C=O) groups is 3. The average molecular weight is 442 g/mol. The van der Waals surface area contributed by atoms with Gasteiger partial charge < -0.3 is 19.6 Å². The van der Waals surface area contributed by atoms with E-state index in [1.807, 2.05) is 25.7 Å². The molecule has 32 heavy (non-hydrogen) atoms. The zero-order chi connectivity index (χ0) is 23.3. The van der Waals surface area contributed by atoms with E-state index in [2.05, 4.69) is 15.3 Å². The van der Waals surface area contributed by atoms with Crippen molar-refractivity contribution in [3.8, 4) is 5.69 Å². The first-order valence-electron chi connectivity index (χ1n) is 10.1. The SMILES string of the molecule is C=O.C=O.O=C(NCCCN1CCOCC1)c1cccc2c1cnn2-c1ccc(F)cc1. The van der Waals surface area contributed by atoms with E-state index in [0.29, 0.717) is 12.1 Å². The number of halogens is 1. The van der Waals surface area contributed by atoms with E-state index in [-0.39, 0.29) is 11.7 Å². The van der Waals surface area contributed by atoms with Crippen LogP contribution in [-0.2, 0) is 14.3 Å². The van der Waals surface area contributed by atoms with Crippen LogP contribution in [0, 0.1) is 5.82 Å². The van der Waals surface area contributed by atoms with Crippen LogP contribution < -0.4 is 5.32 Å². The monoisotopic (exact) mass is 442 g/mol. The molecule has 1 fully saturated rings. The van der Waals surface area contributed by atoms with Crippen molar-refractivity contribution in [3.63, 3.8) is 0 Å². The zero-order valence-corrected chi connectivity index (χ0v) is 17.8. The number of aromatic nitrogens is 2. The molecule has 0 bridgehead atoms. The molecule has 0 spiro atoms. The molecule has 1 amide bonds. The van der Waals surface area contributed by atoms with Crippen molar-refractivity contribution in [1.29, 1.82) is 0 Å². The van der Waals surface area contributed by atoms with Crippen LogP contribution >= 0.6 is 0 Å². The van der Waals surface area contributed by atoms with Gasteiger partial charge in [0.2, 0.25) is 0 Å². The van der Waals surface area contributed by atoms with Crippen molar-refractivity contribution in [3.05, 3.63) is 60.0 Å². The molecule has 1 saturated heterocycles. The van der Waals surface area contributed by atoms with Crippen LogP contribution in [0.4, 0.5) is 4.39 Å². The van der Waals surface area contributed by atoms with Crippen LogP contribution in [0.1, 0.15) is 16.8 Å². The number of morpholine rings is 1. The summed E-state index contributed by atoms with van der Waals surface area (Å²) in [6.07, 6.45) is 2.58. The molecular formula is C23H27FN4O4. The van der Waals surface area contributed by atoms with Crippen LogP contribution in [0.25, 0.3) is 16.6 Å². The lowest BCUT2D eigenvalue weighted by atomic mass is 10.1. The summed E-state index contributed by atoms with van der Waals surface area (Å²) in [5, 5.41) is 8.17. The first kappa shape index (κ1) is 24.8. The van der Waals surface area contributed by atoms with Crippen molar-refractivity contribution in [2.75, 3.05) is 39.4 Å². The Balaban J connectivity index is 0.000000860. The Morgan fingerprint density at radius 2 is 1.75 bits per heavy atom. The number of hydrogen-bond donors (Lipinski definition) is 1. The topological polar surface area (TPSA) is 93.5 Å². The van der Waals surface area contributed by atoms with Gasteiger partial charge >= 0.3 is 0 Å².